The molecule has 0 atom stereocenters. The second kappa shape index (κ2) is 2.88. The van der Waals surface area contributed by atoms with Crippen molar-refractivity contribution in [2.24, 2.45) is 5.41 Å². The van der Waals surface area contributed by atoms with E-state index in [-0.39, 0.29) is 10.8 Å². The van der Waals surface area contributed by atoms with Crippen molar-refractivity contribution in [2.75, 3.05) is 0 Å². The van der Waals surface area contributed by atoms with Crippen LogP contribution in [-0.4, -0.2) is 11.1 Å². The maximum atomic E-state index is 11.2. The molecule has 84 valence electrons. The third-order valence-corrected chi connectivity index (χ3v) is 4.61. The van der Waals surface area contributed by atoms with Crippen LogP contribution in [0.25, 0.3) is 0 Å². The Kier molecular flexibility index (Phi) is 1.78. The zero-order valence-corrected chi connectivity index (χ0v) is 9.49. The molecule has 2 nitrogen and oxygen atoms in total. The highest BCUT2D eigenvalue weighted by atomic mass is 16.4. The van der Waals surface area contributed by atoms with E-state index in [9.17, 15) is 9.90 Å². The quantitative estimate of drug-likeness (QED) is 0.825. The molecule has 1 aromatic rings. The van der Waals surface area contributed by atoms with Gasteiger partial charge in [0.25, 0.3) is 0 Å². The van der Waals surface area contributed by atoms with Crippen molar-refractivity contribution in [3.05, 3.63) is 35.4 Å². The molecule has 0 saturated heterocycles. The summed E-state index contributed by atoms with van der Waals surface area (Å²) in [7, 11) is 0. The fourth-order valence-corrected chi connectivity index (χ4v) is 3.83. The number of aliphatic carboxylic acids is 1. The molecule has 0 amide bonds. The average molecular weight is 216 g/mol. The van der Waals surface area contributed by atoms with E-state index in [0.717, 1.165) is 25.7 Å². The Balaban J connectivity index is 1.96. The van der Waals surface area contributed by atoms with Gasteiger partial charge in [-0.3, -0.25) is 4.79 Å². The summed E-state index contributed by atoms with van der Waals surface area (Å²) in [6, 6.07) is 8.42. The van der Waals surface area contributed by atoms with E-state index in [2.05, 4.69) is 25.1 Å². The van der Waals surface area contributed by atoms with Gasteiger partial charge in [-0.2, -0.15) is 0 Å². The third kappa shape index (κ3) is 1.05. The summed E-state index contributed by atoms with van der Waals surface area (Å²) in [4.78, 5) is 11.2. The molecule has 3 aliphatic carbocycles. The minimum atomic E-state index is -0.589. The van der Waals surface area contributed by atoms with E-state index >= 15 is 0 Å². The van der Waals surface area contributed by atoms with E-state index in [1.54, 1.807) is 0 Å². The molecule has 2 bridgehead atoms. The number of benzene rings is 1. The molecular weight excluding hydrogens is 200 g/mol. The van der Waals surface area contributed by atoms with Gasteiger partial charge in [0.2, 0.25) is 0 Å². The SMILES string of the molecule is Cc1ccccc1C12CCC(C(=O)O)(C1)C2. The Hall–Kier alpha value is -1.31. The van der Waals surface area contributed by atoms with Gasteiger partial charge in [-0.15, -0.1) is 0 Å². The first-order valence-electron chi connectivity index (χ1n) is 5.88. The molecule has 0 unspecified atom stereocenters. The lowest BCUT2D eigenvalue weighted by Gasteiger charge is -2.45. The van der Waals surface area contributed by atoms with Gasteiger partial charge >= 0.3 is 5.97 Å². The topological polar surface area (TPSA) is 37.3 Å². The first kappa shape index (κ1) is 9.88. The van der Waals surface area contributed by atoms with Gasteiger partial charge in [0.05, 0.1) is 5.41 Å². The predicted octanol–water partition coefficient (Wildman–Crippen LogP) is 2.89. The minimum absolute atomic E-state index is 0.184. The Labute approximate surface area is 95.3 Å². The zero-order valence-electron chi connectivity index (χ0n) is 9.49. The van der Waals surface area contributed by atoms with E-state index in [1.165, 1.54) is 11.1 Å². The summed E-state index contributed by atoms with van der Waals surface area (Å²) in [5.74, 6) is -0.589. The van der Waals surface area contributed by atoms with Crippen molar-refractivity contribution in [1.82, 2.24) is 0 Å². The standard InChI is InChI=1S/C14H16O2/c1-10-4-2-3-5-11(10)13-6-7-14(8-13,9-13)12(15)16/h2-5H,6-9H2,1H3,(H,15,16). The molecule has 3 fully saturated rings. The molecule has 0 radical (unpaired) electrons. The van der Waals surface area contributed by atoms with Gasteiger partial charge in [0, 0.05) is 0 Å². The number of carbonyl (C=O) groups is 1. The highest BCUT2D eigenvalue weighted by Crippen LogP contribution is 2.67. The van der Waals surface area contributed by atoms with E-state index in [0.29, 0.717) is 0 Å². The van der Waals surface area contributed by atoms with Crippen molar-refractivity contribution >= 4 is 5.97 Å². The summed E-state index contributed by atoms with van der Waals surface area (Å²) in [6.07, 6.45) is 3.60. The van der Waals surface area contributed by atoms with Crippen LogP contribution in [-0.2, 0) is 10.2 Å². The summed E-state index contributed by atoms with van der Waals surface area (Å²) in [5.41, 5.74) is 2.49. The van der Waals surface area contributed by atoms with Gasteiger partial charge in [0.1, 0.15) is 0 Å². The van der Waals surface area contributed by atoms with Gasteiger partial charge in [0.15, 0.2) is 0 Å². The molecular formula is C14H16O2. The first-order valence-corrected chi connectivity index (χ1v) is 5.88. The van der Waals surface area contributed by atoms with Crippen LogP contribution in [0.1, 0.15) is 36.8 Å². The Morgan fingerprint density at radius 2 is 1.94 bits per heavy atom. The number of fused-ring (bicyclic) bond motifs is 1. The van der Waals surface area contributed by atoms with Crippen LogP contribution in [0.4, 0.5) is 0 Å². The largest absolute Gasteiger partial charge is 0.481 e. The van der Waals surface area contributed by atoms with E-state index in [4.69, 9.17) is 0 Å². The maximum Gasteiger partial charge on any atom is 0.309 e. The van der Waals surface area contributed by atoms with Gasteiger partial charge < -0.3 is 5.11 Å². The van der Waals surface area contributed by atoms with E-state index in [1.807, 2.05) is 6.07 Å². The smallest absolute Gasteiger partial charge is 0.309 e. The van der Waals surface area contributed by atoms with Crippen molar-refractivity contribution < 1.29 is 9.90 Å². The number of hydrogen-bond acceptors (Lipinski definition) is 1. The van der Waals surface area contributed by atoms with Crippen molar-refractivity contribution in [2.45, 2.75) is 38.0 Å². The first-order chi connectivity index (χ1) is 7.58. The molecule has 0 heterocycles. The van der Waals surface area contributed by atoms with Crippen LogP contribution >= 0.6 is 0 Å². The second-order valence-electron chi connectivity index (χ2n) is 5.53. The lowest BCUT2D eigenvalue weighted by molar-refractivity contribution is -0.154. The van der Waals surface area contributed by atoms with Crippen molar-refractivity contribution in [1.29, 1.82) is 0 Å². The van der Waals surface area contributed by atoms with E-state index < -0.39 is 5.97 Å². The number of carboxylic acids is 1. The van der Waals surface area contributed by atoms with Crippen LogP contribution in [0.5, 0.6) is 0 Å². The number of rotatable bonds is 2. The van der Waals surface area contributed by atoms with Crippen LogP contribution < -0.4 is 0 Å². The third-order valence-electron chi connectivity index (χ3n) is 4.61. The molecule has 3 saturated carbocycles. The highest BCUT2D eigenvalue weighted by molar-refractivity contribution is 5.78. The van der Waals surface area contributed by atoms with Crippen LogP contribution in [0.15, 0.2) is 24.3 Å². The average Bonchev–Trinajstić information content (AvgIpc) is 2.74. The van der Waals surface area contributed by atoms with Crippen LogP contribution in [0, 0.1) is 12.3 Å². The number of aryl methyl sites for hydroxylation is 1. The normalized spacial score (nSPS) is 35.8. The molecule has 0 aromatic heterocycles. The fourth-order valence-electron chi connectivity index (χ4n) is 3.83. The predicted molar refractivity (Wildman–Crippen MR) is 61.4 cm³/mol. The van der Waals surface area contributed by atoms with Crippen molar-refractivity contribution in [3.63, 3.8) is 0 Å². The zero-order chi connectivity index (χ0) is 11.4. The van der Waals surface area contributed by atoms with Gasteiger partial charge in [-0.05, 0) is 49.1 Å². The fraction of sp³-hybridized carbons (Fsp3) is 0.500. The van der Waals surface area contributed by atoms with Crippen LogP contribution in [0.2, 0.25) is 0 Å². The van der Waals surface area contributed by atoms with Gasteiger partial charge in [-0.1, -0.05) is 24.3 Å². The van der Waals surface area contributed by atoms with Crippen molar-refractivity contribution in [3.8, 4) is 0 Å². The van der Waals surface area contributed by atoms with Crippen LogP contribution in [0.3, 0.4) is 0 Å². The molecule has 16 heavy (non-hydrogen) atoms. The molecule has 0 aliphatic heterocycles. The summed E-state index contributed by atoms with van der Waals surface area (Å²) in [6.45, 7) is 2.13. The van der Waals surface area contributed by atoms with Gasteiger partial charge in [-0.25, -0.2) is 0 Å². The molecule has 3 aliphatic rings. The summed E-state index contributed by atoms with van der Waals surface area (Å²) < 4.78 is 0. The highest BCUT2D eigenvalue weighted by Gasteiger charge is 2.65. The Morgan fingerprint density at radius 3 is 2.50 bits per heavy atom. The Morgan fingerprint density at radius 1 is 1.25 bits per heavy atom. The summed E-state index contributed by atoms with van der Waals surface area (Å²) >= 11 is 0. The summed E-state index contributed by atoms with van der Waals surface area (Å²) in [5, 5.41) is 9.24. The molecule has 2 heteroatoms. The molecule has 0 spiro atoms. The minimum Gasteiger partial charge on any atom is -0.481 e. The monoisotopic (exact) mass is 216 g/mol. The molecule has 1 aromatic carbocycles. The lowest BCUT2D eigenvalue weighted by atomic mass is 9.57. The molecule has 1 N–H and O–H groups in total. The Bertz CT molecular complexity index is 456. The molecule has 4 rings (SSSR count). The maximum absolute atomic E-state index is 11.2. The second-order valence-corrected chi connectivity index (χ2v) is 5.53. The lowest BCUT2D eigenvalue weighted by Crippen LogP contribution is -2.45. The number of hydrogen-bond donors (Lipinski definition) is 1. The number of carboxylic acid groups (broad SMARTS) is 1.